The van der Waals surface area contributed by atoms with Gasteiger partial charge in [0.05, 0.1) is 16.4 Å². The lowest BCUT2D eigenvalue weighted by molar-refractivity contribution is 0.617. The van der Waals surface area contributed by atoms with Gasteiger partial charge in [0, 0.05) is 11.3 Å². The molecule has 0 saturated carbocycles. The number of aromatic nitrogens is 1. The first-order valence-corrected chi connectivity index (χ1v) is 7.58. The van der Waals surface area contributed by atoms with Crippen LogP contribution in [0, 0.1) is 0 Å². The van der Waals surface area contributed by atoms with E-state index in [1.54, 1.807) is 6.20 Å². The quantitative estimate of drug-likeness (QED) is 0.827. The molecular weight excluding hydrogens is 308 g/mol. The van der Waals surface area contributed by atoms with Crippen molar-refractivity contribution in [2.75, 3.05) is 11.1 Å². The number of nitrogens with zero attached hydrogens (tertiary/aromatic N) is 1. The van der Waals surface area contributed by atoms with Crippen molar-refractivity contribution in [3.8, 4) is 0 Å². The summed E-state index contributed by atoms with van der Waals surface area (Å²) in [6.07, 6.45) is 4.31. The first kappa shape index (κ1) is 12.5. The maximum Gasteiger partial charge on any atom is 0.143 e. The summed E-state index contributed by atoms with van der Waals surface area (Å²) >= 11 is 11.3. The molecule has 2 atom stereocenters. The Kier molecular flexibility index (Phi) is 4.39. The molecule has 1 aliphatic heterocycles. The maximum absolute atomic E-state index is 5.86. The normalized spacial score (nSPS) is 25.4. The minimum atomic E-state index is 0.511. The zero-order valence-electron chi connectivity index (χ0n) is 9.04. The standard InChI is InChI=1S/C11H14BrClN2S/c1-7-10(3-2-4-16-7)15-8-5-9(12)11(13)14-6-8/h5-7,10,15H,2-4H2,1H3. The third-order valence-electron chi connectivity index (χ3n) is 2.76. The van der Waals surface area contributed by atoms with Gasteiger partial charge in [0.15, 0.2) is 0 Å². The third kappa shape index (κ3) is 3.05. The van der Waals surface area contributed by atoms with Gasteiger partial charge in [-0.2, -0.15) is 11.8 Å². The molecule has 0 spiro atoms. The highest BCUT2D eigenvalue weighted by molar-refractivity contribution is 9.10. The van der Waals surface area contributed by atoms with Crippen molar-refractivity contribution in [2.45, 2.75) is 31.1 Å². The van der Waals surface area contributed by atoms with E-state index in [0.29, 0.717) is 16.4 Å². The molecule has 2 nitrogen and oxygen atoms in total. The van der Waals surface area contributed by atoms with Crippen LogP contribution in [0.25, 0.3) is 0 Å². The minimum absolute atomic E-state index is 0.511. The van der Waals surface area contributed by atoms with Gasteiger partial charge in [-0.3, -0.25) is 0 Å². The fourth-order valence-electron chi connectivity index (χ4n) is 1.83. The van der Waals surface area contributed by atoms with Gasteiger partial charge in [-0.25, -0.2) is 4.98 Å². The van der Waals surface area contributed by atoms with Crippen LogP contribution in [-0.4, -0.2) is 22.0 Å². The van der Waals surface area contributed by atoms with Gasteiger partial charge in [-0.15, -0.1) is 0 Å². The second kappa shape index (κ2) is 5.61. The zero-order chi connectivity index (χ0) is 11.5. The van der Waals surface area contributed by atoms with Gasteiger partial charge in [0.2, 0.25) is 0 Å². The third-order valence-corrected chi connectivity index (χ3v) is 5.27. The monoisotopic (exact) mass is 320 g/mol. The van der Waals surface area contributed by atoms with Crippen molar-refractivity contribution in [3.05, 3.63) is 21.9 Å². The molecule has 5 heteroatoms. The topological polar surface area (TPSA) is 24.9 Å². The number of pyridine rings is 1. The van der Waals surface area contributed by atoms with Crippen molar-refractivity contribution < 1.29 is 0 Å². The Hall–Kier alpha value is 0.0700. The average molecular weight is 322 g/mol. The lowest BCUT2D eigenvalue weighted by Crippen LogP contribution is -2.32. The smallest absolute Gasteiger partial charge is 0.143 e. The SMILES string of the molecule is CC1SCCCC1Nc1cnc(Cl)c(Br)c1. The zero-order valence-corrected chi connectivity index (χ0v) is 12.2. The summed E-state index contributed by atoms with van der Waals surface area (Å²) in [6, 6.07) is 2.52. The molecule has 0 aromatic carbocycles. The van der Waals surface area contributed by atoms with E-state index in [-0.39, 0.29) is 0 Å². The Bertz CT molecular complexity index is 375. The molecule has 1 fully saturated rings. The van der Waals surface area contributed by atoms with Crippen molar-refractivity contribution in [2.24, 2.45) is 0 Å². The van der Waals surface area contributed by atoms with Crippen molar-refractivity contribution in [3.63, 3.8) is 0 Å². The Morgan fingerprint density at radius 1 is 1.62 bits per heavy atom. The van der Waals surface area contributed by atoms with Crippen LogP contribution in [0.2, 0.25) is 5.15 Å². The van der Waals surface area contributed by atoms with Crippen LogP contribution in [0.3, 0.4) is 0 Å². The molecule has 88 valence electrons. The van der Waals surface area contributed by atoms with Gasteiger partial charge in [0.1, 0.15) is 5.15 Å². The van der Waals surface area contributed by atoms with Gasteiger partial charge in [-0.1, -0.05) is 18.5 Å². The fourth-order valence-corrected chi connectivity index (χ4v) is 3.42. The highest BCUT2D eigenvalue weighted by atomic mass is 79.9. The summed E-state index contributed by atoms with van der Waals surface area (Å²) in [5.41, 5.74) is 1.04. The average Bonchev–Trinajstić information content (AvgIpc) is 2.27. The summed E-state index contributed by atoms with van der Waals surface area (Å²) in [4.78, 5) is 4.12. The highest BCUT2D eigenvalue weighted by Gasteiger charge is 2.21. The molecule has 1 N–H and O–H groups in total. The largest absolute Gasteiger partial charge is 0.380 e. The van der Waals surface area contributed by atoms with E-state index in [1.807, 2.05) is 17.8 Å². The molecule has 0 radical (unpaired) electrons. The first-order chi connectivity index (χ1) is 7.66. The van der Waals surface area contributed by atoms with Gasteiger partial charge in [-0.05, 0) is 40.6 Å². The predicted octanol–water partition coefficient (Wildman–Crippen LogP) is 4.19. The number of anilines is 1. The van der Waals surface area contributed by atoms with Crippen LogP contribution < -0.4 is 5.32 Å². The van der Waals surface area contributed by atoms with E-state index in [0.717, 1.165) is 10.2 Å². The van der Waals surface area contributed by atoms with Crippen LogP contribution >= 0.6 is 39.3 Å². The Labute approximate surface area is 114 Å². The number of rotatable bonds is 2. The van der Waals surface area contributed by atoms with Crippen LogP contribution in [0.5, 0.6) is 0 Å². The second-order valence-corrected chi connectivity index (χ2v) is 6.66. The molecule has 16 heavy (non-hydrogen) atoms. The van der Waals surface area contributed by atoms with Crippen molar-refractivity contribution >= 4 is 45.0 Å². The molecule has 2 unspecified atom stereocenters. The Balaban J connectivity index is 2.05. The van der Waals surface area contributed by atoms with E-state index in [9.17, 15) is 0 Å². The molecule has 0 amide bonds. The van der Waals surface area contributed by atoms with Crippen LogP contribution in [0.4, 0.5) is 5.69 Å². The second-order valence-electron chi connectivity index (χ2n) is 3.97. The predicted molar refractivity (Wildman–Crippen MR) is 75.5 cm³/mol. The van der Waals surface area contributed by atoms with E-state index < -0.39 is 0 Å². The number of thioether (sulfide) groups is 1. The van der Waals surface area contributed by atoms with E-state index in [4.69, 9.17) is 11.6 Å². The number of hydrogen-bond acceptors (Lipinski definition) is 3. The van der Waals surface area contributed by atoms with E-state index in [1.165, 1.54) is 18.6 Å². The Morgan fingerprint density at radius 3 is 3.12 bits per heavy atom. The number of nitrogens with one attached hydrogen (secondary N) is 1. The summed E-state index contributed by atoms with van der Waals surface area (Å²) in [6.45, 7) is 2.28. The van der Waals surface area contributed by atoms with Gasteiger partial charge in [0.25, 0.3) is 0 Å². The van der Waals surface area contributed by atoms with Crippen molar-refractivity contribution in [1.29, 1.82) is 0 Å². The summed E-state index contributed by atoms with van der Waals surface area (Å²) in [7, 11) is 0. The van der Waals surface area contributed by atoms with E-state index in [2.05, 4.69) is 33.2 Å². The molecule has 2 rings (SSSR count). The lowest BCUT2D eigenvalue weighted by atomic mass is 10.1. The molecule has 0 bridgehead atoms. The molecule has 0 aliphatic carbocycles. The summed E-state index contributed by atoms with van der Waals surface area (Å²) < 4.78 is 0.843. The number of hydrogen-bond donors (Lipinski definition) is 1. The maximum atomic E-state index is 5.86. The lowest BCUT2D eigenvalue weighted by Gasteiger charge is -2.29. The molecular formula is C11H14BrClN2S. The Morgan fingerprint density at radius 2 is 2.44 bits per heavy atom. The first-order valence-electron chi connectivity index (χ1n) is 5.36. The van der Waals surface area contributed by atoms with Crippen LogP contribution in [-0.2, 0) is 0 Å². The summed E-state index contributed by atoms with van der Waals surface area (Å²) in [5, 5.41) is 4.69. The molecule has 1 aromatic rings. The molecule has 1 saturated heterocycles. The van der Waals surface area contributed by atoms with E-state index >= 15 is 0 Å². The molecule has 2 heterocycles. The van der Waals surface area contributed by atoms with Gasteiger partial charge < -0.3 is 5.32 Å². The summed E-state index contributed by atoms with van der Waals surface area (Å²) in [5.74, 6) is 1.28. The van der Waals surface area contributed by atoms with Crippen LogP contribution in [0.15, 0.2) is 16.7 Å². The molecule has 1 aliphatic rings. The van der Waals surface area contributed by atoms with Gasteiger partial charge >= 0.3 is 0 Å². The van der Waals surface area contributed by atoms with Crippen LogP contribution in [0.1, 0.15) is 19.8 Å². The highest BCUT2D eigenvalue weighted by Crippen LogP contribution is 2.29. The number of halogens is 2. The molecule has 1 aromatic heterocycles. The minimum Gasteiger partial charge on any atom is -0.380 e. The fraction of sp³-hybridized carbons (Fsp3) is 0.545. The van der Waals surface area contributed by atoms with Crippen molar-refractivity contribution in [1.82, 2.24) is 4.98 Å².